The first-order valence-electron chi connectivity index (χ1n) is 5.86. The number of aromatic nitrogens is 3. The Labute approximate surface area is 97.8 Å². The number of nitrogens with zero attached hydrogens (tertiary/aromatic N) is 3. The summed E-state index contributed by atoms with van der Waals surface area (Å²) < 4.78 is 1.94. The van der Waals surface area contributed by atoms with Crippen LogP contribution in [0.4, 0.5) is 0 Å². The SMILES string of the molecule is C=CC(C)(CNCC)Cc1ncnn1CC. The van der Waals surface area contributed by atoms with Crippen molar-refractivity contribution in [2.45, 2.75) is 33.7 Å². The zero-order chi connectivity index (χ0) is 12.0. The van der Waals surface area contributed by atoms with Crippen molar-refractivity contribution in [1.29, 1.82) is 0 Å². The largest absolute Gasteiger partial charge is 0.316 e. The van der Waals surface area contributed by atoms with Crippen LogP contribution < -0.4 is 5.32 Å². The van der Waals surface area contributed by atoms with Crippen molar-refractivity contribution < 1.29 is 0 Å². The van der Waals surface area contributed by atoms with E-state index in [0.717, 1.165) is 31.9 Å². The van der Waals surface area contributed by atoms with Gasteiger partial charge in [0.15, 0.2) is 0 Å². The quantitative estimate of drug-likeness (QED) is 0.713. The van der Waals surface area contributed by atoms with Crippen LogP contribution in [0.5, 0.6) is 0 Å². The Kier molecular flexibility index (Phi) is 4.68. The fourth-order valence-electron chi connectivity index (χ4n) is 1.67. The Morgan fingerprint density at radius 3 is 2.88 bits per heavy atom. The van der Waals surface area contributed by atoms with E-state index in [2.05, 4.69) is 42.7 Å². The minimum atomic E-state index is 0.0377. The van der Waals surface area contributed by atoms with Crippen LogP contribution in [0, 0.1) is 5.41 Å². The van der Waals surface area contributed by atoms with Gasteiger partial charge in [-0.15, -0.1) is 6.58 Å². The van der Waals surface area contributed by atoms with Gasteiger partial charge < -0.3 is 5.32 Å². The molecule has 1 rings (SSSR count). The van der Waals surface area contributed by atoms with Crippen molar-refractivity contribution in [3.63, 3.8) is 0 Å². The molecule has 0 aromatic carbocycles. The molecule has 0 radical (unpaired) electrons. The first-order chi connectivity index (χ1) is 7.65. The normalized spacial score (nSPS) is 14.7. The molecule has 1 N–H and O–H groups in total. The molecule has 0 aliphatic rings. The second-order valence-electron chi connectivity index (χ2n) is 4.31. The smallest absolute Gasteiger partial charge is 0.138 e. The van der Waals surface area contributed by atoms with E-state index in [9.17, 15) is 0 Å². The molecule has 0 saturated heterocycles. The van der Waals surface area contributed by atoms with Crippen molar-refractivity contribution in [3.05, 3.63) is 24.8 Å². The average molecular weight is 222 g/mol. The number of nitrogens with one attached hydrogen (secondary N) is 1. The topological polar surface area (TPSA) is 42.7 Å². The van der Waals surface area contributed by atoms with Crippen LogP contribution in [0.2, 0.25) is 0 Å². The summed E-state index contributed by atoms with van der Waals surface area (Å²) in [6, 6.07) is 0. The van der Waals surface area contributed by atoms with E-state index in [0.29, 0.717) is 0 Å². The summed E-state index contributed by atoms with van der Waals surface area (Å²) in [5.41, 5.74) is 0.0377. The Morgan fingerprint density at radius 2 is 2.31 bits per heavy atom. The lowest BCUT2D eigenvalue weighted by Gasteiger charge is -2.25. The van der Waals surface area contributed by atoms with Crippen molar-refractivity contribution in [2.75, 3.05) is 13.1 Å². The maximum atomic E-state index is 4.30. The molecule has 90 valence electrons. The van der Waals surface area contributed by atoms with E-state index < -0.39 is 0 Å². The summed E-state index contributed by atoms with van der Waals surface area (Å²) in [7, 11) is 0. The van der Waals surface area contributed by atoms with E-state index in [1.165, 1.54) is 0 Å². The molecule has 1 heterocycles. The van der Waals surface area contributed by atoms with Crippen molar-refractivity contribution in [1.82, 2.24) is 20.1 Å². The van der Waals surface area contributed by atoms with Crippen molar-refractivity contribution in [3.8, 4) is 0 Å². The molecule has 16 heavy (non-hydrogen) atoms. The number of hydrogen-bond acceptors (Lipinski definition) is 3. The van der Waals surface area contributed by atoms with E-state index in [1.807, 2.05) is 10.8 Å². The summed E-state index contributed by atoms with van der Waals surface area (Å²) in [6.07, 6.45) is 4.50. The summed E-state index contributed by atoms with van der Waals surface area (Å²) in [6.45, 7) is 13.1. The van der Waals surface area contributed by atoms with Crippen LogP contribution in [0.15, 0.2) is 19.0 Å². The average Bonchev–Trinajstić information content (AvgIpc) is 2.73. The Hall–Kier alpha value is -1.16. The molecule has 0 aliphatic heterocycles. The van der Waals surface area contributed by atoms with Gasteiger partial charge >= 0.3 is 0 Å². The third kappa shape index (κ3) is 3.17. The predicted molar refractivity (Wildman–Crippen MR) is 66.2 cm³/mol. The third-order valence-corrected chi connectivity index (χ3v) is 2.83. The molecule has 0 fully saturated rings. The fraction of sp³-hybridized carbons (Fsp3) is 0.667. The summed E-state index contributed by atoms with van der Waals surface area (Å²) >= 11 is 0. The van der Waals surface area contributed by atoms with Crippen LogP contribution in [0.3, 0.4) is 0 Å². The Balaban J connectivity index is 2.72. The lowest BCUT2D eigenvalue weighted by Crippen LogP contribution is -2.32. The molecular weight excluding hydrogens is 200 g/mol. The fourth-order valence-corrected chi connectivity index (χ4v) is 1.67. The molecule has 0 spiro atoms. The minimum Gasteiger partial charge on any atom is -0.316 e. The molecule has 0 amide bonds. The van der Waals surface area contributed by atoms with Gasteiger partial charge in [0.25, 0.3) is 0 Å². The van der Waals surface area contributed by atoms with Gasteiger partial charge in [-0.1, -0.05) is 19.9 Å². The van der Waals surface area contributed by atoms with E-state index in [-0.39, 0.29) is 5.41 Å². The molecule has 4 heteroatoms. The van der Waals surface area contributed by atoms with E-state index >= 15 is 0 Å². The van der Waals surface area contributed by atoms with Gasteiger partial charge in [-0.2, -0.15) is 5.10 Å². The van der Waals surface area contributed by atoms with Crippen LogP contribution in [0.25, 0.3) is 0 Å². The molecule has 1 aromatic rings. The van der Waals surface area contributed by atoms with Gasteiger partial charge in [-0.25, -0.2) is 4.98 Å². The molecular formula is C12H22N4. The lowest BCUT2D eigenvalue weighted by molar-refractivity contribution is 0.378. The van der Waals surface area contributed by atoms with Gasteiger partial charge in [0.05, 0.1) is 0 Å². The second-order valence-corrected chi connectivity index (χ2v) is 4.31. The molecule has 0 saturated carbocycles. The maximum absolute atomic E-state index is 4.30. The molecule has 0 bridgehead atoms. The summed E-state index contributed by atoms with van der Waals surface area (Å²) in [4.78, 5) is 4.30. The van der Waals surface area contributed by atoms with Gasteiger partial charge in [0.2, 0.25) is 0 Å². The van der Waals surface area contributed by atoms with Gasteiger partial charge in [0.1, 0.15) is 12.2 Å². The molecule has 4 nitrogen and oxygen atoms in total. The highest BCUT2D eigenvalue weighted by Gasteiger charge is 2.22. The Bertz CT molecular complexity index is 332. The minimum absolute atomic E-state index is 0.0377. The zero-order valence-corrected chi connectivity index (χ0v) is 10.5. The van der Waals surface area contributed by atoms with Gasteiger partial charge in [-0.05, 0) is 13.5 Å². The second kappa shape index (κ2) is 5.80. The molecule has 1 aromatic heterocycles. The van der Waals surface area contributed by atoms with Crippen LogP contribution in [-0.2, 0) is 13.0 Å². The highest BCUT2D eigenvalue weighted by Crippen LogP contribution is 2.21. The standard InChI is InChI=1S/C12H22N4/c1-5-12(4,9-13-6-2)8-11-14-10-15-16(11)7-3/h5,10,13H,1,6-9H2,2-4H3. The number of rotatable bonds is 7. The summed E-state index contributed by atoms with van der Waals surface area (Å²) in [5, 5.41) is 7.55. The van der Waals surface area contributed by atoms with Crippen molar-refractivity contribution in [2.24, 2.45) is 5.41 Å². The first-order valence-corrected chi connectivity index (χ1v) is 5.86. The predicted octanol–water partition coefficient (Wildman–Crippen LogP) is 1.64. The van der Waals surface area contributed by atoms with E-state index in [4.69, 9.17) is 0 Å². The van der Waals surface area contributed by atoms with Crippen LogP contribution in [-0.4, -0.2) is 27.9 Å². The molecule has 0 aliphatic carbocycles. The number of hydrogen-bond donors (Lipinski definition) is 1. The Morgan fingerprint density at radius 1 is 1.56 bits per heavy atom. The van der Waals surface area contributed by atoms with Crippen molar-refractivity contribution >= 4 is 0 Å². The highest BCUT2D eigenvalue weighted by atomic mass is 15.3. The lowest BCUT2D eigenvalue weighted by atomic mass is 9.86. The third-order valence-electron chi connectivity index (χ3n) is 2.83. The molecule has 1 atom stereocenters. The maximum Gasteiger partial charge on any atom is 0.138 e. The van der Waals surface area contributed by atoms with E-state index in [1.54, 1.807) is 6.33 Å². The first kappa shape index (κ1) is 12.9. The highest BCUT2D eigenvalue weighted by molar-refractivity contribution is 5.01. The van der Waals surface area contributed by atoms with Crippen LogP contribution in [0.1, 0.15) is 26.6 Å². The van der Waals surface area contributed by atoms with Gasteiger partial charge in [-0.3, -0.25) is 4.68 Å². The zero-order valence-electron chi connectivity index (χ0n) is 10.5. The monoisotopic (exact) mass is 222 g/mol. The molecule has 1 unspecified atom stereocenters. The van der Waals surface area contributed by atoms with Crippen LogP contribution >= 0.6 is 0 Å². The summed E-state index contributed by atoms with van der Waals surface area (Å²) in [5.74, 6) is 1.03. The van der Waals surface area contributed by atoms with Gasteiger partial charge in [0, 0.05) is 24.9 Å². The number of aryl methyl sites for hydroxylation is 1.